The first-order valence-corrected chi connectivity index (χ1v) is 5.57. The lowest BCUT2D eigenvalue weighted by molar-refractivity contribution is 0.103. The van der Waals surface area contributed by atoms with Gasteiger partial charge in [-0.15, -0.1) is 11.3 Å². The van der Waals surface area contributed by atoms with Gasteiger partial charge in [-0.25, -0.2) is 0 Å². The Morgan fingerprint density at radius 3 is 2.67 bits per heavy atom. The summed E-state index contributed by atoms with van der Waals surface area (Å²) in [4.78, 5) is 12.8. The first-order chi connectivity index (χ1) is 7.09. The van der Waals surface area contributed by atoms with Crippen LogP contribution in [-0.2, 0) is 7.05 Å². The van der Waals surface area contributed by atoms with E-state index in [2.05, 4.69) is 5.10 Å². The Balaban J connectivity index is 2.41. The molecule has 2 heterocycles. The average molecular weight is 220 g/mol. The molecule has 0 aliphatic carbocycles. The van der Waals surface area contributed by atoms with Crippen molar-refractivity contribution < 1.29 is 4.79 Å². The number of hydrogen-bond donors (Lipinski definition) is 0. The molecule has 0 saturated heterocycles. The summed E-state index contributed by atoms with van der Waals surface area (Å²) in [6.45, 7) is 3.88. The monoisotopic (exact) mass is 220 g/mol. The van der Waals surface area contributed by atoms with Crippen LogP contribution in [0.4, 0.5) is 0 Å². The zero-order chi connectivity index (χ0) is 11.0. The smallest absolute Gasteiger partial charge is 0.223 e. The molecule has 0 atom stereocenters. The highest BCUT2D eigenvalue weighted by molar-refractivity contribution is 7.12. The van der Waals surface area contributed by atoms with E-state index in [0.29, 0.717) is 5.69 Å². The molecule has 0 fully saturated rings. The minimum atomic E-state index is 0.0196. The number of ketones is 1. The first-order valence-electron chi connectivity index (χ1n) is 4.69. The summed E-state index contributed by atoms with van der Waals surface area (Å²) in [6, 6.07) is 3.77. The number of nitrogens with zero attached hydrogens (tertiary/aromatic N) is 2. The number of hydrogen-bond acceptors (Lipinski definition) is 3. The number of carbonyl (C=O) groups excluding carboxylic acids is 1. The molecule has 0 aliphatic heterocycles. The van der Waals surface area contributed by atoms with Gasteiger partial charge in [-0.1, -0.05) is 0 Å². The van der Waals surface area contributed by atoms with Crippen molar-refractivity contribution >= 4 is 17.1 Å². The van der Waals surface area contributed by atoms with Gasteiger partial charge in [-0.2, -0.15) is 5.10 Å². The van der Waals surface area contributed by atoms with Crippen LogP contribution in [0.1, 0.15) is 26.6 Å². The van der Waals surface area contributed by atoms with E-state index in [4.69, 9.17) is 0 Å². The summed E-state index contributed by atoms with van der Waals surface area (Å²) >= 11 is 1.47. The Kier molecular flexibility index (Phi) is 2.44. The van der Waals surface area contributed by atoms with Crippen molar-refractivity contribution in [1.29, 1.82) is 0 Å². The van der Waals surface area contributed by atoms with Crippen LogP contribution in [-0.4, -0.2) is 15.6 Å². The molecular formula is C11H12N2OS. The summed E-state index contributed by atoms with van der Waals surface area (Å²) in [6.07, 6.45) is 0. The Bertz CT molecular complexity index is 491. The second-order valence-electron chi connectivity index (χ2n) is 3.56. The second-order valence-corrected chi connectivity index (χ2v) is 4.47. The summed E-state index contributed by atoms with van der Waals surface area (Å²) in [7, 11) is 1.84. The molecule has 0 bridgehead atoms. The van der Waals surface area contributed by atoms with Crippen LogP contribution in [0.25, 0.3) is 0 Å². The van der Waals surface area contributed by atoms with E-state index >= 15 is 0 Å². The SMILES string of the molecule is Cc1ccsc1C(=O)c1cc(C)n(C)n1. The molecule has 78 valence electrons. The van der Waals surface area contributed by atoms with E-state index in [0.717, 1.165) is 16.1 Å². The molecule has 3 nitrogen and oxygen atoms in total. The van der Waals surface area contributed by atoms with Crippen molar-refractivity contribution in [2.45, 2.75) is 13.8 Å². The maximum Gasteiger partial charge on any atom is 0.223 e. The van der Waals surface area contributed by atoms with Crippen LogP contribution >= 0.6 is 11.3 Å². The standard InChI is InChI=1S/C11H12N2OS/c1-7-4-5-15-11(7)10(14)9-6-8(2)13(3)12-9/h4-6H,1-3H3. The first kappa shape index (κ1) is 10.1. The molecule has 0 amide bonds. The highest BCUT2D eigenvalue weighted by Gasteiger charge is 2.16. The second kappa shape index (κ2) is 3.62. The minimum absolute atomic E-state index is 0.0196. The van der Waals surface area contributed by atoms with Gasteiger partial charge in [0.2, 0.25) is 5.78 Å². The molecule has 0 unspecified atom stereocenters. The number of rotatable bonds is 2. The molecule has 4 heteroatoms. The van der Waals surface area contributed by atoms with Crippen molar-refractivity contribution in [3.05, 3.63) is 39.3 Å². The average Bonchev–Trinajstić information content (AvgIpc) is 2.74. The highest BCUT2D eigenvalue weighted by Crippen LogP contribution is 2.19. The van der Waals surface area contributed by atoms with Crippen LogP contribution in [0.2, 0.25) is 0 Å². The third-order valence-corrected chi connectivity index (χ3v) is 3.43. The van der Waals surface area contributed by atoms with Gasteiger partial charge in [0.1, 0.15) is 5.69 Å². The number of thiophene rings is 1. The highest BCUT2D eigenvalue weighted by atomic mass is 32.1. The van der Waals surface area contributed by atoms with Crippen LogP contribution in [0, 0.1) is 13.8 Å². The number of aryl methyl sites for hydroxylation is 3. The Morgan fingerprint density at radius 1 is 1.47 bits per heavy atom. The third kappa shape index (κ3) is 1.72. The maximum absolute atomic E-state index is 12.0. The quantitative estimate of drug-likeness (QED) is 0.728. The summed E-state index contributed by atoms with van der Waals surface area (Å²) in [5.41, 5.74) is 2.54. The molecule has 0 spiro atoms. The van der Waals surface area contributed by atoms with Gasteiger partial charge in [0.05, 0.1) is 4.88 Å². The van der Waals surface area contributed by atoms with E-state index in [1.807, 2.05) is 38.4 Å². The van der Waals surface area contributed by atoms with E-state index in [9.17, 15) is 4.79 Å². The van der Waals surface area contributed by atoms with Gasteiger partial charge in [0.15, 0.2) is 0 Å². The van der Waals surface area contributed by atoms with Crippen LogP contribution in [0.5, 0.6) is 0 Å². The van der Waals surface area contributed by atoms with Gasteiger partial charge in [-0.05, 0) is 36.9 Å². The third-order valence-electron chi connectivity index (χ3n) is 2.41. The van der Waals surface area contributed by atoms with E-state index in [1.165, 1.54) is 11.3 Å². The topological polar surface area (TPSA) is 34.9 Å². The fourth-order valence-electron chi connectivity index (χ4n) is 1.39. The van der Waals surface area contributed by atoms with Gasteiger partial charge >= 0.3 is 0 Å². The van der Waals surface area contributed by atoms with Gasteiger partial charge < -0.3 is 0 Å². The molecule has 0 radical (unpaired) electrons. The van der Waals surface area contributed by atoms with Crippen molar-refractivity contribution in [2.75, 3.05) is 0 Å². The van der Waals surface area contributed by atoms with Crippen molar-refractivity contribution in [2.24, 2.45) is 7.05 Å². The zero-order valence-corrected chi connectivity index (χ0v) is 9.76. The lowest BCUT2D eigenvalue weighted by atomic mass is 10.2. The molecule has 0 saturated carbocycles. The van der Waals surface area contributed by atoms with E-state index < -0.39 is 0 Å². The lowest BCUT2D eigenvalue weighted by Crippen LogP contribution is -2.02. The van der Waals surface area contributed by atoms with E-state index in [-0.39, 0.29) is 5.78 Å². The minimum Gasteiger partial charge on any atom is -0.286 e. The fourth-order valence-corrected chi connectivity index (χ4v) is 2.27. The zero-order valence-electron chi connectivity index (χ0n) is 8.94. The van der Waals surface area contributed by atoms with Crippen molar-refractivity contribution in [3.63, 3.8) is 0 Å². The van der Waals surface area contributed by atoms with Gasteiger partial charge in [-0.3, -0.25) is 9.48 Å². The Labute approximate surface area is 92.4 Å². The number of carbonyl (C=O) groups is 1. The molecule has 0 aliphatic rings. The fraction of sp³-hybridized carbons (Fsp3) is 0.273. The predicted molar refractivity (Wildman–Crippen MR) is 60.4 cm³/mol. The molecular weight excluding hydrogens is 208 g/mol. The van der Waals surface area contributed by atoms with Crippen molar-refractivity contribution in [1.82, 2.24) is 9.78 Å². The van der Waals surface area contributed by atoms with Crippen molar-refractivity contribution in [3.8, 4) is 0 Å². The van der Waals surface area contributed by atoms with Gasteiger partial charge in [0.25, 0.3) is 0 Å². The van der Waals surface area contributed by atoms with Crippen LogP contribution < -0.4 is 0 Å². The summed E-state index contributed by atoms with van der Waals surface area (Å²) < 4.78 is 1.72. The van der Waals surface area contributed by atoms with Gasteiger partial charge in [0, 0.05) is 12.7 Å². The molecule has 2 aromatic heterocycles. The Hall–Kier alpha value is -1.42. The molecule has 2 aromatic rings. The molecule has 0 N–H and O–H groups in total. The van der Waals surface area contributed by atoms with E-state index in [1.54, 1.807) is 4.68 Å². The number of aromatic nitrogens is 2. The Morgan fingerprint density at radius 2 is 2.20 bits per heavy atom. The summed E-state index contributed by atoms with van der Waals surface area (Å²) in [5.74, 6) is 0.0196. The molecule has 0 aromatic carbocycles. The predicted octanol–water partition coefficient (Wildman–Crippen LogP) is 2.33. The molecule has 15 heavy (non-hydrogen) atoms. The lowest BCUT2D eigenvalue weighted by Gasteiger charge is -1.94. The molecule has 2 rings (SSSR count). The normalized spacial score (nSPS) is 10.6. The van der Waals surface area contributed by atoms with Crippen LogP contribution in [0.15, 0.2) is 17.5 Å². The summed E-state index contributed by atoms with van der Waals surface area (Å²) in [5, 5.41) is 6.11. The van der Waals surface area contributed by atoms with Crippen LogP contribution in [0.3, 0.4) is 0 Å². The maximum atomic E-state index is 12.0. The largest absolute Gasteiger partial charge is 0.286 e.